The molecular weight excluding hydrogens is 255 g/mol. The standard InChI is InChI=1S/C11H11FN4O3/c1-6(5-13)10-14-11(19-15-10)7-2-8(12)4-9(3-7)16(17)18/h2-4,6H,5,13H2,1H3. The Morgan fingerprint density at radius 3 is 2.89 bits per heavy atom. The fraction of sp³-hybridized carbons (Fsp3) is 0.273. The highest BCUT2D eigenvalue weighted by atomic mass is 19.1. The van der Waals surface area contributed by atoms with Gasteiger partial charge in [-0.25, -0.2) is 4.39 Å². The molecule has 0 fully saturated rings. The van der Waals surface area contributed by atoms with Gasteiger partial charge in [0.05, 0.1) is 11.0 Å². The number of halogens is 1. The normalized spacial score (nSPS) is 12.4. The van der Waals surface area contributed by atoms with E-state index in [1.807, 2.05) is 6.92 Å². The van der Waals surface area contributed by atoms with Crippen molar-refractivity contribution in [2.75, 3.05) is 6.54 Å². The van der Waals surface area contributed by atoms with E-state index in [1.165, 1.54) is 6.07 Å². The first kappa shape index (κ1) is 13.1. The SMILES string of the molecule is CC(CN)c1noc(-c2cc(F)cc([N+](=O)[O-])c2)n1. The lowest BCUT2D eigenvalue weighted by atomic mass is 10.1. The van der Waals surface area contributed by atoms with Crippen molar-refractivity contribution in [2.45, 2.75) is 12.8 Å². The van der Waals surface area contributed by atoms with Crippen LogP contribution < -0.4 is 5.73 Å². The molecule has 1 aromatic heterocycles. The number of nitrogens with zero attached hydrogens (tertiary/aromatic N) is 3. The highest BCUT2D eigenvalue weighted by Crippen LogP contribution is 2.25. The predicted molar refractivity (Wildman–Crippen MR) is 63.8 cm³/mol. The summed E-state index contributed by atoms with van der Waals surface area (Å²) in [5.74, 6) is -0.445. The van der Waals surface area contributed by atoms with Crippen LogP contribution >= 0.6 is 0 Å². The highest BCUT2D eigenvalue weighted by molar-refractivity contribution is 5.57. The first-order valence-corrected chi connectivity index (χ1v) is 5.50. The second-order valence-corrected chi connectivity index (χ2v) is 4.05. The summed E-state index contributed by atoms with van der Waals surface area (Å²) in [6.45, 7) is 2.14. The van der Waals surface area contributed by atoms with Gasteiger partial charge in [0, 0.05) is 24.1 Å². The van der Waals surface area contributed by atoms with E-state index in [9.17, 15) is 14.5 Å². The third kappa shape index (κ3) is 2.74. The third-order valence-electron chi connectivity index (χ3n) is 2.58. The summed E-state index contributed by atoms with van der Waals surface area (Å²) in [6.07, 6.45) is 0. The summed E-state index contributed by atoms with van der Waals surface area (Å²) >= 11 is 0. The second-order valence-electron chi connectivity index (χ2n) is 4.05. The quantitative estimate of drug-likeness (QED) is 0.668. The number of nitro groups is 1. The Balaban J connectivity index is 2.41. The Morgan fingerprint density at radius 1 is 1.53 bits per heavy atom. The summed E-state index contributed by atoms with van der Waals surface area (Å²) in [6, 6.07) is 3.09. The van der Waals surface area contributed by atoms with Crippen LogP contribution in [0.1, 0.15) is 18.7 Å². The van der Waals surface area contributed by atoms with Crippen LogP contribution in [-0.2, 0) is 0 Å². The number of nitrogens with two attached hydrogens (primary N) is 1. The summed E-state index contributed by atoms with van der Waals surface area (Å²) in [5.41, 5.74) is 5.26. The number of aromatic nitrogens is 2. The van der Waals surface area contributed by atoms with Crippen molar-refractivity contribution in [3.05, 3.63) is 40.0 Å². The lowest BCUT2D eigenvalue weighted by Gasteiger charge is -1.99. The van der Waals surface area contributed by atoms with Crippen LogP contribution in [0, 0.1) is 15.9 Å². The van der Waals surface area contributed by atoms with Crippen LogP contribution in [0.25, 0.3) is 11.5 Å². The van der Waals surface area contributed by atoms with E-state index >= 15 is 0 Å². The van der Waals surface area contributed by atoms with E-state index in [4.69, 9.17) is 10.3 Å². The van der Waals surface area contributed by atoms with Gasteiger partial charge in [0.15, 0.2) is 5.82 Å². The molecule has 0 aliphatic rings. The molecule has 8 heteroatoms. The molecule has 1 unspecified atom stereocenters. The van der Waals surface area contributed by atoms with Crippen LogP contribution in [0.2, 0.25) is 0 Å². The minimum Gasteiger partial charge on any atom is -0.334 e. The molecular formula is C11H11FN4O3. The van der Waals surface area contributed by atoms with Gasteiger partial charge in [-0.15, -0.1) is 0 Å². The van der Waals surface area contributed by atoms with Gasteiger partial charge in [0.25, 0.3) is 11.6 Å². The maximum absolute atomic E-state index is 13.3. The van der Waals surface area contributed by atoms with Crippen LogP contribution in [0.15, 0.2) is 22.7 Å². The summed E-state index contributed by atoms with van der Waals surface area (Å²) in [5, 5.41) is 14.4. The van der Waals surface area contributed by atoms with Gasteiger partial charge in [-0.1, -0.05) is 12.1 Å². The van der Waals surface area contributed by atoms with Crippen molar-refractivity contribution in [3.63, 3.8) is 0 Å². The first-order valence-electron chi connectivity index (χ1n) is 5.50. The van der Waals surface area contributed by atoms with Crippen molar-refractivity contribution in [2.24, 2.45) is 5.73 Å². The van der Waals surface area contributed by atoms with Gasteiger partial charge in [-0.3, -0.25) is 10.1 Å². The smallest absolute Gasteiger partial charge is 0.273 e. The molecule has 2 aromatic rings. The van der Waals surface area contributed by atoms with Crippen molar-refractivity contribution < 1.29 is 13.8 Å². The van der Waals surface area contributed by atoms with Gasteiger partial charge in [-0.2, -0.15) is 4.98 Å². The molecule has 0 aliphatic carbocycles. The van der Waals surface area contributed by atoms with Crippen LogP contribution in [0.5, 0.6) is 0 Å². The van der Waals surface area contributed by atoms with Crippen LogP contribution in [-0.4, -0.2) is 21.6 Å². The Bertz CT molecular complexity index is 614. The molecule has 0 amide bonds. The lowest BCUT2D eigenvalue weighted by molar-refractivity contribution is -0.385. The minimum absolute atomic E-state index is 0.0258. The Morgan fingerprint density at radius 2 is 2.26 bits per heavy atom. The Kier molecular flexibility index (Phi) is 3.52. The molecule has 0 saturated carbocycles. The van der Waals surface area contributed by atoms with Crippen LogP contribution in [0.4, 0.5) is 10.1 Å². The number of rotatable bonds is 4. The zero-order valence-corrected chi connectivity index (χ0v) is 10.0. The molecule has 100 valence electrons. The highest BCUT2D eigenvalue weighted by Gasteiger charge is 2.17. The molecule has 1 atom stereocenters. The first-order chi connectivity index (χ1) is 9.01. The molecule has 2 rings (SSSR count). The van der Waals surface area contributed by atoms with Crippen LogP contribution in [0.3, 0.4) is 0 Å². The van der Waals surface area contributed by atoms with Crippen molar-refractivity contribution in [3.8, 4) is 11.5 Å². The maximum atomic E-state index is 13.3. The molecule has 7 nitrogen and oxygen atoms in total. The molecule has 19 heavy (non-hydrogen) atoms. The maximum Gasteiger partial charge on any atom is 0.273 e. The molecule has 0 spiro atoms. The second kappa shape index (κ2) is 5.11. The van der Waals surface area contributed by atoms with Gasteiger partial charge in [-0.05, 0) is 6.07 Å². The Hall–Kier alpha value is -2.35. The summed E-state index contributed by atoms with van der Waals surface area (Å²) in [7, 11) is 0. The van der Waals surface area contributed by atoms with Crippen molar-refractivity contribution >= 4 is 5.69 Å². The number of benzene rings is 1. The monoisotopic (exact) mass is 266 g/mol. The van der Waals surface area contributed by atoms with Crippen molar-refractivity contribution in [1.29, 1.82) is 0 Å². The average molecular weight is 266 g/mol. The minimum atomic E-state index is -0.740. The summed E-state index contributed by atoms with van der Waals surface area (Å²) in [4.78, 5) is 14.0. The van der Waals surface area contributed by atoms with E-state index in [2.05, 4.69) is 10.1 Å². The molecule has 0 radical (unpaired) electrons. The fourth-order valence-electron chi connectivity index (χ4n) is 1.46. The largest absolute Gasteiger partial charge is 0.334 e. The van der Waals surface area contributed by atoms with E-state index in [1.54, 1.807) is 0 Å². The number of nitro benzene ring substituents is 1. The van der Waals surface area contributed by atoms with E-state index < -0.39 is 10.7 Å². The molecule has 0 bridgehead atoms. The van der Waals surface area contributed by atoms with E-state index in [0.717, 1.165) is 12.1 Å². The molecule has 1 heterocycles. The average Bonchev–Trinajstić information content (AvgIpc) is 2.86. The van der Waals surface area contributed by atoms with Gasteiger partial charge in [0.2, 0.25) is 0 Å². The van der Waals surface area contributed by atoms with Gasteiger partial charge in [0.1, 0.15) is 5.82 Å². The molecule has 0 aliphatic heterocycles. The topological polar surface area (TPSA) is 108 Å². The van der Waals surface area contributed by atoms with Gasteiger partial charge >= 0.3 is 0 Å². The predicted octanol–water partition coefficient (Wildman–Crippen LogP) is 1.85. The molecule has 2 N–H and O–H groups in total. The van der Waals surface area contributed by atoms with Gasteiger partial charge < -0.3 is 10.3 Å². The van der Waals surface area contributed by atoms with E-state index in [0.29, 0.717) is 12.4 Å². The number of hydrogen-bond acceptors (Lipinski definition) is 6. The Labute approximate surface area is 107 Å². The molecule has 0 saturated heterocycles. The van der Waals surface area contributed by atoms with Crippen molar-refractivity contribution in [1.82, 2.24) is 10.1 Å². The van der Waals surface area contributed by atoms with E-state index in [-0.39, 0.29) is 23.1 Å². The molecule has 1 aromatic carbocycles. The number of non-ortho nitro benzene ring substituents is 1. The fourth-order valence-corrected chi connectivity index (χ4v) is 1.46. The summed E-state index contributed by atoms with van der Waals surface area (Å²) < 4.78 is 18.2. The zero-order valence-electron chi connectivity index (χ0n) is 10.0. The number of hydrogen-bond donors (Lipinski definition) is 1. The third-order valence-corrected chi connectivity index (χ3v) is 2.58. The zero-order chi connectivity index (χ0) is 14.0. The lowest BCUT2D eigenvalue weighted by Crippen LogP contribution is -2.10.